The zero-order chi connectivity index (χ0) is 23.3. The Morgan fingerprint density at radius 2 is 1.62 bits per heavy atom. The van der Waals surface area contributed by atoms with Gasteiger partial charge in [-0.2, -0.15) is 0 Å². The Hall–Kier alpha value is -3.27. The fourth-order valence-corrected chi connectivity index (χ4v) is 3.83. The largest absolute Gasteiger partial charge is 0.488 e. The van der Waals surface area contributed by atoms with Gasteiger partial charge in [-0.1, -0.05) is 70.2 Å². The van der Waals surface area contributed by atoms with Crippen LogP contribution >= 0.6 is 0 Å². The van der Waals surface area contributed by atoms with Gasteiger partial charge in [-0.05, 0) is 36.5 Å². The molecule has 1 heterocycles. The molecule has 32 heavy (non-hydrogen) atoms. The highest BCUT2D eigenvalue weighted by molar-refractivity contribution is 5.95. The molecule has 3 rings (SSSR count). The molecular formula is C28H30FNO2. The van der Waals surface area contributed by atoms with E-state index in [0.717, 1.165) is 34.4 Å². The molecule has 0 saturated carbocycles. The van der Waals surface area contributed by atoms with Crippen LogP contribution in [0.25, 0.3) is 17.2 Å². The Bertz CT molecular complexity index is 1120. The minimum absolute atomic E-state index is 0.0558. The lowest BCUT2D eigenvalue weighted by molar-refractivity contribution is 0.112. The molecule has 0 fully saturated rings. The number of hydrogen-bond acceptors (Lipinski definition) is 3. The first-order valence-corrected chi connectivity index (χ1v) is 11.0. The van der Waals surface area contributed by atoms with Crippen LogP contribution in [-0.2, 0) is 6.61 Å². The van der Waals surface area contributed by atoms with Crippen molar-refractivity contribution in [3.8, 4) is 16.9 Å². The second kappa shape index (κ2) is 10.4. The molecule has 0 N–H and O–H groups in total. The van der Waals surface area contributed by atoms with Crippen molar-refractivity contribution in [2.45, 2.75) is 53.1 Å². The molecule has 1 aromatic heterocycles. The molecule has 0 atom stereocenters. The van der Waals surface area contributed by atoms with Crippen molar-refractivity contribution in [1.29, 1.82) is 0 Å². The average Bonchev–Trinajstić information content (AvgIpc) is 2.78. The number of pyridine rings is 1. The van der Waals surface area contributed by atoms with Crippen molar-refractivity contribution >= 4 is 12.4 Å². The molecule has 0 saturated heterocycles. The smallest absolute Gasteiger partial charge is 0.152 e. The van der Waals surface area contributed by atoms with Gasteiger partial charge in [0.25, 0.3) is 0 Å². The molecule has 0 bridgehead atoms. The molecule has 2 aromatic carbocycles. The number of halogens is 1. The van der Waals surface area contributed by atoms with E-state index in [1.165, 1.54) is 12.1 Å². The summed E-state index contributed by atoms with van der Waals surface area (Å²) in [4.78, 5) is 17.2. The van der Waals surface area contributed by atoms with Gasteiger partial charge in [-0.15, -0.1) is 0 Å². The fourth-order valence-electron chi connectivity index (χ4n) is 3.83. The van der Waals surface area contributed by atoms with E-state index < -0.39 is 0 Å². The SMILES string of the molecule is CC=Cc1c(C(C)C)nc(C(C)C)c(C=O)c1-c1ccc(F)cc1OCc1ccccc1. The number of rotatable bonds is 8. The molecule has 0 unspecified atom stereocenters. The summed E-state index contributed by atoms with van der Waals surface area (Å²) < 4.78 is 20.4. The first-order valence-electron chi connectivity index (χ1n) is 11.0. The van der Waals surface area contributed by atoms with Gasteiger partial charge in [0.2, 0.25) is 0 Å². The minimum Gasteiger partial charge on any atom is -0.488 e. The third-order valence-corrected chi connectivity index (χ3v) is 5.33. The lowest BCUT2D eigenvalue weighted by Gasteiger charge is -2.22. The summed E-state index contributed by atoms with van der Waals surface area (Å²) in [7, 11) is 0. The van der Waals surface area contributed by atoms with Crippen LogP contribution in [0.5, 0.6) is 5.75 Å². The van der Waals surface area contributed by atoms with Crippen LogP contribution in [0, 0.1) is 5.82 Å². The molecule has 0 aliphatic carbocycles. The van der Waals surface area contributed by atoms with Gasteiger partial charge in [-0.25, -0.2) is 4.39 Å². The molecule has 4 heteroatoms. The molecule has 166 valence electrons. The molecular weight excluding hydrogens is 401 g/mol. The van der Waals surface area contributed by atoms with Gasteiger partial charge in [0.15, 0.2) is 6.29 Å². The number of ether oxygens (including phenoxy) is 1. The van der Waals surface area contributed by atoms with E-state index in [9.17, 15) is 9.18 Å². The maximum Gasteiger partial charge on any atom is 0.152 e. The van der Waals surface area contributed by atoms with Crippen LogP contribution in [0.1, 0.15) is 79.3 Å². The standard InChI is InChI=1S/C28H30FNO2/c1-6-10-23-26(24(16-31)28(19(4)5)30-27(23)18(2)3)22-14-13-21(29)15-25(22)32-17-20-11-8-7-9-12-20/h6-16,18-19H,17H2,1-5H3. The summed E-state index contributed by atoms with van der Waals surface area (Å²) >= 11 is 0. The molecule has 0 spiro atoms. The topological polar surface area (TPSA) is 39.2 Å². The average molecular weight is 432 g/mol. The van der Waals surface area contributed by atoms with Crippen LogP contribution in [0.2, 0.25) is 0 Å². The second-order valence-corrected chi connectivity index (χ2v) is 8.43. The van der Waals surface area contributed by atoms with Crippen molar-refractivity contribution in [3.05, 3.63) is 88.5 Å². The Labute approximate surface area is 190 Å². The summed E-state index contributed by atoms with van der Waals surface area (Å²) in [6, 6.07) is 14.2. The number of carbonyl (C=O) groups is 1. The van der Waals surface area contributed by atoms with Crippen LogP contribution < -0.4 is 4.74 Å². The van der Waals surface area contributed by atoms with Crippen molar-refractivity contribution in [2.24, 2.45) is 0 Å². The molecule has 0 radical (unpaired) electrons. The van der Waals surface area contributed by atoms with Gasteiger partial charge in [0, 0.05) is 28.3 Å². The molecule has 0 aliphatic rings. The third-order valence-electron chi connectivity index (χ3n) is 5.33. The quantitative estimate of drug-likeness (QED) is 0.345. The van der Waals surface area contributed by atoms with Crippen molar-refractivity contribution in [3.63, 3.8) is 0 Å². The highest BCUT2D eigenvalue weighted by Gasteiger charge is 2.24. The number of hydrogen-bond donors (Lipinski definition) is 0. The van der Waals surface area contributed by atoms with Gasteiger partial charge >= 0.3 is 0 Å². The number of aldehydes is 1. The number of benzene rings is 2. The van der Waals surface area contributed by atoms with E-state index in [2.05, 4.69) is 13.8 Å². The Kier molecular flexibility index (Phi) is 7.57. The number of carbonyl (C=O) groups excluding carboxylic acids is 1. The summed E-state index contributed by atoms with van der Waals surface area (Å²) in [6.45, 7) is 10.4. The zero-order valence-electron chi connectivity index (χ0n) is 19.4. The van der Waals surface area contributed by atoms with Crippen LogP contribution in [0.4, 0.5) is 4.39 Å². The normalized spacial score (nSPS) is 11.5. The number of allylic oxidation sites excluding steroid dienone is 1. The van der Waals surface area contributed by atoms with E-state index in [0.29, 0.717) is 23.5 Å². The Morgan fingerprint density at radius 3 is 2.22 bits per heavy atom. The van der Waals surface area contributed by atoms with Gasteiger partial charge < -0.3 is 4.74 Å². The van der Waals surface area contributed by atoms with E-state index in [-0.39, 0.29) is 17.7 Å². The monoisotopic (exact) mass is 431 g/mol. The second-order valence-electron chi connectivity index (χ2n) is 8.43. The van der Waals surface area contributed by atoms with Crippen LogP contribution in [0.15, 0.2) is 54.6 Å². The lowest BCUT2D eigenvalue weighted by atomic mass is 9.87. The zero-order valence-corrected chi connectivity index (χ0v) is 19.4. The van der Waals surface area contributed by atoms with E-state index >= 15 is 0 Å². The fraction of sp³-hybridized carbons (Fsp3) is 0.286. The first-order chi connectivity index (χ1) is 15.4. The van der Waals surface area contributed by atoms with E-state index in [1.807, 2.05) is 63.3 Å². The Morgan fingerprint density at radius 1 is 0.969 bits per heavy atom. The van der Waals surface area contributed by atoms with Gasteiger partial charge in [-0.3, -0.25) is 9.78 Å². The predicted octanol–water partition coefficient (Wildman–Crippen LogP) is 7.56. The minimum atomic E-state index is -0.390. The summed E-state index contributed by atoms with van der Waals surface area (Å²) in [5, 5.41) is 0. The van der Waals surface area contributed by atoms with Crippen LogP contribution in [0.3, 0.4) is 0 Å². The molecule has 0 aliphatic heterocycles. The first kappa shape index (κ1) is 23.4. The number of nitrogens with zero attached hydrogens (tertiary/aromatic N) is 1. The van der Waals surface area contributed by atoms with Gasteiger partial charge in [0.1, 0.15) is 18.2 Å². The van der Waals surface area contributed by atoms with E-state index in [4.69, 9.17) is 9.72 Å². The molecule has 3 nitrogen and oxygen atoms in total. The highest BCUT2D eigenvalue weighted by atomic mass is 19.1. The van der Waals surface area contributed by atoms with Crippen LogP contribution in [-0.4, -0.2) is 11.3 Å². The third kappa shape index (κ3) is 4.96. The number of aromatic nitrogens is 1. The summed E-state index contributed by atoms with van der Waals surface area (Å²) in [6.07, 6.45) is 4.77. The Balaban J connectivity index is 2.29. The van der Waals surface area contributed by atoms with E-state index in [1.54, 1.807) is 6.07 Å². The van der Waals surface area contributed by atoms with Gasteiger partial charge in [0.05, 0.1) is 11.4 Å². The predicted molar refractivity (Wildman–Crippen MR) is 129 cm³/mol. The van der Waals surface area contributed by atoms with Crippen molar-refractivity contribution < 1.29 is 13.9 Å². The van der Waals surface area contributed by atoms with Crippen molar-refractivity contribution in [2.75, 3.05) is 0 Å². The lowest BCUT2D eigenvalue weighted by Crippen LogP contribution is -2.10. The molecule has 3 aromatic rings. The molecule has 0 amide bonds. The van der Waals surface area contributed by atoms with Crippen molar-refractivity contribution in [1.82, 2.24) is 4.98 Å². The summed E-state index contributed by atoms with van der Waals surface area (Å²) in [5.41, 5.74) is 5.44. The maximum absolute atomic E-state index is 14.3. The highest BCUT2D eigenvalue weighted by Crippen LogP contribution is 2.41. The summed E-state index contributed by atoms with van der Waals surface area (Å²) in [5.74, 6) is 0.213. The maximum atomic E-state index is 14.3.